The van der Waals surface area contributed by atoms with Crippen LogP contribution in [-0.4, -0.2) is 16.1 Å². The van der Waals surface area contributed by atoms with Gasteiger partial charge in [0.05, 0.1) is 11.1 Å². The summed E-state index contributed by atoms with van der Waals surface area (Å²) in [6.07, 6.45) is 3.99. The molecule has 0 saturated heterocycles. The Morgan fingerprint density at radius 2 is 2.06 bits per heavy atom. The van der Waals surface area contributed by atoms with Gasteiger partial charge in [0.15, 0.2) is 0 Å². The summed E-state index contributed by atoms with van der Waals surface area (Å²) in [4.78, 5) is 1.21. The lowest BCUT2D eigenvalue weighted by atomic mass is 10.0. The van der Waals surface area contributed by atoms with Crippen molar-refractivity contribution in [1.29, 1.82) is 0 Å². The van der Waals surface area contributed by atoms with Crippen LogP contribution in [-0.2, 0) is 6.42 Å². The Balaban J connectivity index is 2.07. The molecule has 0 aliphatic heterocycles. The summed E-state index contributed by atoms with van der Waals surface area (Å²) < 4.78 is 3.96. The molecule has 4 heteroatoms. The van der Waals surface area contributed by atoms with Crippen LogP contribution in [0.15, 0.2) is 30.5 Å². The fourth-order valence-electron chi connectivity index (χ4n) is 1.88. The van der Waals surface area contributed by atoms with Gasteiger partial charge >= 0.3 is 0 Å². The minimum absolute atomic E-state index is 0.327. The number of nitrogens with one attached hydrogen (secondary N) is 1. The average Bonchev–Trinajstić information content (AvgIpc) is 2.90. The first kappa shape index (κ1) is 13.2. The van der Waals surface area contributed by atoms with Crippen molar-refractivity contribution in [2.45, 2.75) is 32.7 Å². The zero-order chi connectivity index (χ0) is 12.8. The van der Waals surface area contributed by atoms with Crippen molar-refractivity contribution < 1.29 is 0 Å². The normalized spacial score (nSPS) is 12.6. The van der Waals surface area contributed by atoms with Crippen LogP contribution < -0.4 is 5.32 Å². The summed E-state index contributed by atoms with van der Waals surface area (Å²) in [6.45, 7) is 5.32. The molecule has 96 valence electrons. The van der Waals surface area contributed by atoms with E-state index in [1.165, 1.54) is 27.5 Å². The molecule has 0 saturated carbocycles. The number of aromatic nitrogens is 2. The molecule has 0 radical (unpaired) electrons. The SMILES string of the molecule is CCCNC(Cc1ccc(C)cc1)c1cnns1. The minimum Gasteiger partial charge on any atom is -0.309 e. The predicted octanol–water partition coefficient (Wildman–Crippen LogP) is 3.13. The Kier molecular flexibility index (Phi) is 4.84. The second kappa shape index (κ2) is 6.61. The fourth-order valence-corrected chi connectivity index (χ4v) is 2.46. The molecular weight excluding hydrogens is 242 g/mol. The van der Waals surface area contributed by atoms with Crippen molar-refractivity contribution >= 4 is 11.5 Å². The van der Waals surface area contributed by atoms with E-state index in [0.717, 1.165) is 19.4 Å². The molecule has 0 aliphatic carbocycles. The van der Waals surface area contributed by atoms with E-state index in [4.69, 9.17) is 0 Å². The van der Waals surface area contributed by atoms with E-state index in [0.29, 0.717) is 6.04 Å². The Hall–Kier alpha value is -1.26. The van der Waals surface area contributed by atoms with Crippen molar-refractivity contribution in [3.05, 3.63) is 46.5 Å². The van der Waals surface area contributed by atoms with Crippen LogP contribution in [0, 0.1) is 6.92 Å². The molecule has 0 amide bonds. The summed E-state index contributed by atoms with van der Waals surface area (Å²) in [6, 6.07) is 9.05. The molecule has 1 N–H and O–H groups in total. The van der Waals surface area contributed by atoms with Crippen LogP contribution in [0.5, 0.6) is 0 Å². The number of rotatable bonds is 6. The molecule has 0 spiro atoms. The molecule has 3 nitrogen and oxygen atoms in total. The molecule has 1 atom stereocenters. The quantitative estimate of drug-likeness (QED) is 0.868. The first-order valence-corrected chi connectivity index (χ1v) is 7.13. The Labute approximate surface area is 112 Å². The van der Waals surface area contributed by atoms with Gasteiger partial charge < -0.3 is 5.32 Å². The van der Waals surface area contributed by atoms with Gasteiger partial charge in [0.1, 0.15) is 0 Å². The zero-order valence-electron chi connectivity index (χ0n) is 10.9. The second-order valence-electron chi connectivity index (χ2n) is 4.52. The van der Waals surface area contributed by atoms with Gasteiger partial charge in [-0.25, -0.2) is 0 Å². The number of aryl methyl sites for hydroxylation is 1. The first-order valence-electron chi connectivity index (χ1n) is 6.35. The zero-order valence-corrected chi connectivity index (χ0v) is 11.7. The third kappa shape index (κ3) is 3.62. The van der Waals surface area contributed by atoms with Gasteiger partial charge in [-0.15, -0.1) is 5.10 Å². The lowest BCUT2D eigenvalue weighted by Crippen LogP contribution is -2.23. The van der Waals surface area contributed by atoms with Gasteiger partial charge in [0, 0.05) is 6.04 Å². The molecule has 0 fully saturated rings. The van der Waals surface area contributed by atoms with Crippen molar-refractivity contribution in [1.82, 2.24) is 14.9 Å². The average molecular weight is 261 g/mol. The summed E-state index contributed by atoms with van der Waals surface area (Å²) in [5.74, 6) is 0. The van der Waals surface area contributed by atoms with Crippen molar-refractivity contribution in [3.63, 3.8) is 0 Å². The highest BCUT2D eigenvalue weighted by atomic mass is 32.1. The van der Waals surface area contributed by atoms with E-state index in [9.17, 15) is 0 Å². The summed E-state index contributed by atoms with van der Waals surface area (Å²) in [5.41, 5.74) is 2.65. The summed E-state index contributed by atoms with van der Waals surface area (Å²) in [5, 5.41) is 7.50. The molecule has 1 heterocycles. The topological polar surface area (TPSA) is 37.8 Å². The number of hydrogen-bond donors (Lipinski definition) is 1. The van der Waals surface area contributed by atoms with Crippen LogP contribution in [0.4, 0.5) is 0 Å². The maximum atomic E-state index is 3.96. The molecule has 1 unspecified atom stereocenters. The third-order valence-electron chi connectivity index (χ3n) is 2.92. The molecule has 2 rings (SSSR count). The monoisotopic (exact) mass is 261 g/mol. The van der Waals surface area contributed by atoms with E-state index in [2.05, 4.69) is 53.0 Å². The Bertz CT molecular complexity index is 450. The van der Waals surface area contributed by atoms with Gasteiger partial charge in [-0.2, -0.15) is 0 Å². The van der Waals surface area contributed by atoms with Crippen LogP contribution in [0.2, 0.25) is 0 Å². The molecule has 1 aromatic carbocycles. The van der Waals surface area contributed by atoms with Crippen LogP contribution in [0.3, 0.4) is 0 Å². The highest BCUT2D eigenvalue weighted by Gasteiger charge is 2.13. The maximum Gasteiger partial charge on any atom is 0.0669 e. The highest BCUT2D eigenvalue weighted by molar-refractivity contribution is 7.05. The van der Waals surface area contributed by atoms with Gasteiger partial charge in [-0.05, 0) is 43.4 Å². The van der Waals surface area contributed by atoms with Crippen molar-refractivity contribution in [2.75, 3.05) is 6.54 Å². The van der Waals surface area contributed by atoms with E-state index in [1.807, 2.05) is 6.20 Å². The fraction of sp³-hybridized carbons (Fsp3) is 0.429. The van der Waals surface area contributed by atoms with E-state index in [1.54, 1.807) is 0 Å². The molecule has 18 heavy (non-hydrogen) atoms. The summed E-state index contributed by atoms with van der Waals surface area (Å²) >= 11 is 1.48. The lowest BCUT2D eigenvalue weighted by Gasteiger charge is -2.16. The third-order valence-corrected chi connectivity index (χ3v) is 3.70. The number of benzene rings is 1. The standard InChI is InChI=1S/C14H19N3S/c1-3-8-15-13(14-10-16-17-18-14)9-12-6-4-11(2)5-7-12/h4-7,10,13,15H,3,8-9H2,1-2H3. The van der Waals surface area contributed by atoms with Crippen LogP contribution >= 0.6 is 11.5 Å². The van der Waals surface area contributed by atoms with Crippen molar-refractivity contribution in [3.8, 4) is 0 Å². The van der Waals surface area contributed by atoms with Gasteiger partial charge in [-0.1, -0.05) is 41.2 Å². The number of hydrogen-bond acceptors (Lipinski definition) is 4. The lowest BCUT2D eigenvalue weighted by molar-refractivity contribution is 0.536. The first-order chi connectivity index (χ1) is 8.79. The Morgan fingerprint density at radius 3 is 2.67 bits per heavy atom. The number of nitrogens with zero attached hydrogens (tertiary/aromatic N) is 2. The smallest absolute Gasteiger partial charge is 0.0669 e. The molecule has 2 aromatic rings. The van der Waals surface area contributed by atoms with Crippen molar-refractivity contribution in [2.24, 2.45) is 0 Å². The van der Waals surface area contributed by atoms with Gasteiger partial charge in [0.2, 0.25) is 0 Å². The van der Waals surface area contributed by atoms with E-state index in [-0.39, 0.29) is 0 Å². The minimum atomic E-state index is 0.327. The maximum absolute atomic E-state index is 3.96. The second-order valence-corrected chi connectivity index (χ2v) is 5.33. The van der Waals surface area contributed by atoms with E-state index >= 15 is 0 Å². The molecule has 1 aromatic heterocycles. The van der Waals surface area contributed by atoms with Crippen LogP contribution in [0.25, 0.3) is 0 Å². The predicted molar refractivity (Wildman–Crippen MR) is 75.8 cm³/mol. The summed E-state index contributed by atoms with van der Waals surface area (Å²) in [7, 11) is 0. The Morgan fingerprint density at radius 1 is 1.28 bits per heavy atom. The largest absolute Gasteiger partial charge is 0.309 e. The van der Waals surface area contributed by atoms with E-state index < -0.39 is 0 Å². The van der Waals surface area contributed by atoms with Gasteiger partial charge in [-0.3, -0.25) is 0 Å². The molecule has 0 aliphatic rings. The highest BCUT2D eigenvalue weighted by Crippen LogP contribution is 2.20. The molecule has 0 bridgehead atoms. The molecular formula is C14H19N3S. The van der Waals surface area contributed by atoms with Crippen LogP contribution in [0.1, 0.15) is 35.4 Å². The van der Waals surface area contributed by atoms with Gasteiger partial charge in [0.25, 0.3) is 0 Å².